The fourth-order valence-electron chi connectivity index (χ4n) is 16.9. The molecule has 0 bridgehead atoms. The molecule has 7 aliphatic rings. The first-order chi connectivity index (χ1) is 69.7. The smallest absolute Gasteiger partial charge is 0.417 e. The number of carbonyl (C=O) groups excluding carboxylic acids is 8. The molecule has 21 atom stereocenters. The molecule has 7 N–H and O–H groups in total. The number of ether oxygens (including phenoxy) is 12. The van der Waals surface area contributed by atoms with Crippen LogP contribution in [0.1, 0.15) is 296 Å². The van der Waals surface area contributed by atoms with E-state index in [4.69, 9.17) is 56.8 Å². The highest BCUT2D eigenvalue weighted by atomic mass is 19.4. The number of carbonyl (C=O) groups is 8. The molecular weight excluding hydrogens is 1890 g/mol. The van der Waals surface area contributed by atoms with Gasteiger partial charge in [-0.25, -0.2) is 4.79 Å². The van der Waals surface area contributed by atoms with Gasteiger partial charge >= 0.3 is 36.0 Å². The molecule has 147 heavy (non-hydrogen) atoms. The van der Waals surface area contributed by atoms with Crippen LogP contribution in [-0.4, -0.2) is 252 Å². The Morgan fingerprint density at radius 2 is 0.673 bits per heavy atom. The van der Waals surface area contributed by atoms with Gasteiger partial charge in [-0.05, 0) is 225 Å². The first-order valence-corrected chi connectivity index (χ1v) is 52.8. The number of rotatable bonds is 8. The fourth-order valence-corrected chi connectivity index (χ4v) is 16.9. The number of nitrogens with one attached hydrogen (secondary N) is 1. The van der Waals surface area contributed by atoms with Crippen LogP contribution in [0.4, 0.5) is 13.2 Å². The number of hydrogen-bond donors (Lipinski definition) is 7. The van der Waals surface area contributed by atoms with E-state index in [0.717, 1.165) is 149 Å². The van der Waals surface area contributed by atoms with Gasteiger partial charge < -0.3 is 92.8 Å². The summed E-state index contributed by atoms with van der Waals surface area (Å²) in [5, 5.41) is 64.6. The summed E-state index contributed by atoms with van der Waals surface area (Å²) in [4.78, 5) is 93.0. The predicted molar refractivity (Wildman–Crippen MR) is 571 cm³/mol. The maximum Gasteiger partial charge on any atom is 0.417 e. The Kier molecular flexibility index (Phi) is 73.9. The SMILES string of the molecule is CO[C@H]1/C=C/CC/C=C/C(=O)OC/C(C)=C\[C@@H](C)[C@@H]1O.CO[C@H]1/C=C/CCCCC(=O)CC/C(C)=C\[C@@H](C)[C@@H]1O.CO[C@H]1/C=C/CCCCC(=O)NC/C(C)=C\[C@@H](C)[C@@H]1O.CO[C@H]1/C=C/CCCCC(=O)OC/C(C)=C\[C@@H](C)C1=O.CO[C@H]1/C=C/CCCCC(=O)OC/C(C)=C\[C@@H](C)[C@@H]1O.CO[C@H]1/C=C/CCCCC(=O)OC/C(C)=C\[C@@H](C)[C@@H]1OC(C)=O.CO[C@H]1/C=C/CCCCC(O)(C(F)(F)F)CC/C(C)=C\[C@@H](C)[C@@H]1O. The van der Waals surface area contributed by atoms with Crippen LogP contribution >= 0.6 is 0 Å². The van der Waals surface area contributed by atoms with Crippen molar-refractivity contribution in [3.05, 3.63) is 179 Å². The van der Waals surface area contributed by atoms with Crippen molar-refractivity contribution < 1.29 is 139 Å². The van der Waals surface area contributed by atoms with Crippen LogP contribution in [0.2, 0.25) is 0 Å². The molecule has 0 aromatic heterocycles. The van der Waals surface area contributed by atoms with Crippen molar-refractivity contribution in [2.24, 2.45) is 41.4 Å². The second-order valence-corrected chi connectivity index (χ2v) is 39.7. The van der Waals surface area contributed by atoms with Gasteiger partial charge in [0.2, 0.25) is 5.91 Å². The van der Waals surface area contributed by atoms with Gasteiger partial charge in [0.25, 0.3) is 0 Å². The Hall–Kier alpha value is -8.47. The molecule has 836 valence electrons. The van der Waals surface area contributed by atoms with Crippen LogP contribution in [0.3, 0.4) is 0 Å². The number of aliphatic hydroxyl groups excluding tert-OH is 5. The monoisotopic (exact) mass is 2080 g/mol. The number of cyclic esters (lactones) is 4. The molecule has 2 aliphatic carbocycles. The first kappa shape index (κ1) is 137. The maximum absolute atomic E-state index is 13.2. The summed E-state index contributed by atoms with van der Waals surface area (Å²) < 4.78 is 103. The number of hydrogen-bond acceptors (Lipinski definition) is 26. The standard InChI is InChI=1S/C18H29F3O3.C18H28O5.C17H28O3.C16H27NO3.C16H26O4.2C16H24O4/c1-13-9-11-17(23,18(19,20)21)10-7-5-4-6-8-15(24-3)16(22)14(2)12-13;1-13-11-14(2)18(23-15(3)19)16(21-4)9-7-5-6-8-10-17(20)22-12-13;1-13-10-11-15(18)8-6-4-5-7-9-16(20-3)17(19)14(2)12-13;1-12-10-13(2)16(19)14(20-3)8-6-4-5-7-9-15(18)17-11-12;3*1-12-10-13(2)16(18)14(19-3)8-6-4-5-7-9-15(17)20-11-12/h6,8,12,14-16,22-23H,4-5,7,9-11H2,1-3H3;7,9,11,14,16,18H,5-6,8,10,12H2,1-4H3;7,9,12,14,16-17,19H,4-6,8,10-11H2,1-3H3;6,8,10,13-14,16,19H,4-5,7,9,11H2,1-3H3,(H,17,18);6,8,10,13-14,16,18H,4-5,7,9,11H2,1-3H3;6,8,10,13-14H,4-5,7,9,11H2,1-3H3;6-10,13-14,16,18H,4-5,11H2,1-3H3/b8-6+,13-12-;9-7+,13-11-;9-7+,13-12-;3*8-6+,12-10-;8-6+,9-7+,12-10-/t14-,15+,16+,17?;14-,16+,18+;14-,16+,17+;2*13-,14+,16+;13-,14+;13-,14+,16+/m1111111/s1. The van der Waals surface area contributed by atoms with E-state index >= 15 is 0 Å². The molecule has 0 radical (unpaired) electrons. The lowest BCUT2D eigenvalue weighted by Gasteiger charge is -2.31. The summed E-state index contributed by atoms with van der Waals surface area (Å²) in [6, 6.07) is 0. The normalized spacial score (nSPS) is 34.2. The summed E-state index contributed by atoms with van der Waals surface area (Å²) in [7, 11) is 11.1. The van der Waals surface area contributed by atoms with E-state index in [1.54, 1.807) is 74.7 Å². The minimum Gasteiger partial charge on any atom is -0.461 e. The minimum atomic E-state index is -4.63. The summed E-state index contributed by atoms with van der Waals surface area (Å²) in [6.07, 6.45) is 53.0. The van der Waals surface area contributed by atoms with E-state index in [2.05, 4.69) is 17.5 Å². The molecule has 0 aromatic carbocycles. The number of esters is 5. The number of Topliss-reactive ketones (excluding diaryl/α,β-unsaturated/α-hetero) is 2. The van der Waals surface area contributed by atoms with Gasteiger partial charge in [-0.1, -0.05) is 199 Å². The average Bonchev–Trinajstić information content (AvgIpc) is 0.815. The van der Waals surface area contributed by atoms with Crippen LogP contribution in [0.5, 0.6) is 0 Å². The van der Waals surface area contributed by atoms with Crippen molar-refractivity contribution in [2.45, 2.75) is 388 Å². The molecule has 1 amide bonds. The lowest BCUT2D eigenvalue weighted by atomic mass is 9.87. The van der Waals surface area contributed by atoms with Crippen LogP contribution in [0, 0.1) is 41.4 Å². The van der Waals surface area contributed by atoms with Crippen molar-refractivity contribution in [2.75, 3.05) is 82.7 Å². The molecule has 30 heteroatoms. The zero-order valence-electron chi connectivity index (χ0n) is 92.6. The number of alkyl halides is 3. The average molecular weight is 2080 g/mol. The molecule has 27 nitrogen and oxygen atoms in total. The van der Waals surface area contributed by atoms with Crippen LogP contribution in [0.15, 0.2) is 179 Å². The zero-order valence-corrected chi connectivity index (χ0v) is 92.6. The van der Waals surface area contributed by atoms with Gasteiger partial charge in [0.15, 0.2) is 11.4 Å². The van der Waals surface area contributed by atoms with Crippen molar-refractivity contribution in [3.63, 3.8) is 0 Å². The Morgan fingerprint density at radius 3 is 1.05 bits per heavy atom. The molecule has 0 saturated carbocycles. The van der Waals surface area contributed by atoms with E-state index in [-0.39, 0.29) is 153 Å². The minimum absolute atomic E-state index is 0.0163. The van der Waals surface area contributed by atoms with Crippen LogP contribution in [0.25, 0.3) is 0 Å². The number of ketones is 2. The second-order valence-electron chi connectivity index (χ2n) is 39.7. The topological polar surface area (TPSA) is 381 Å². The van der Waals surface area contributed by atoms with E-state index in [1.807, 2.05) is 186 Å². The highest BCUT2D eigenvalue weighted by molar-refractivity contribution is 5.88. The van der Waals surface area contributed by atoms with E-state index in [1.165, 1.54) is 25.7 Å². The lowest BCUT2D eigenvalue weighted by molar-refractivity contribution is -0.265. The summed E-state index contributed by atoms with van der Waals surface area (Å²) in [5.41, 5.74) is 3.97. The fraction of sp³-hybridized carbons (Fsp3) is 0.675. The predicted octanol–water partition coefficient (Wildman–Crippen LogP) is 20.8. The summed E-state index contributed by atoms with van der Waals surface area (Å²) in [6.45, 7) is 29.7. The number of allylic oxidation sites excluding steroid dienone is 11. The quantitative estimate of drug-likeness (QED) is 0.0674. The molecule has 0 fully saturated rings. The Morgan fingerprint density at radius 1 is 0.354 bits per heavy atom. The van der Waals surface area contributed by atoms with Gasteiger partial charge in [0.1, 0.15) is 81.0 Å². The van der Waals surface area contributed by atoms with Gasteiger partial charge in [0, 0.05) is 149 Å². The molecule has 7 rings (SSSR count). The molecule has 5 aliphatic heterocycles. The van der Waals surface area contributed by atoms with Gasteiger partial charge in [-0.15, -0.1) is 0 Å². The molecule has 1 unspecified atom stereocenters. The molecule has 0 aromatic rings. The van der Waals surface area contributed by atoms with Crippen molar-refractivity contribution in [3.8, 4) is 0 Å². The second kappa shape index (κ2) is 79.5. The highest BCUT2D eigenvalue weighted by Gasteiger charge is 2.52. The van der Waals surface area contributed by atoms with Crippen molar-refractivity contribution >= 4 is 47.3 Å². The Bertz CT molecular complexity index is 4090. The number of amides is 1. The van der Waals surface area contributed by atoms with Crippen LogP contribution < -0.4 is 5.32 Å². The number of aliphatic hydroxyl groups is 6. The Labute approximate surface area is 877 Å². The summed E-state index contributed by atoms with van der Waals surface area (Å²) >= 11 is 0. The molecule has 5 heterocycles. The lowest BCUT2D eigenvalue weighted by Crippen LogP contribution is -2.45. The van der Waals surface area contributed by atoms with Crippen molar-refractivity contribution in [1.82, 2.24) is 5.32 Å². The number of halogens is 3. The molecular formula is C117H186F3NO26. The van der Waals surface area contributed by atoms with Gasteiger partial charge in [-0.3, -0.25) is 33.6 Å². The van der Waals surface area contributed by atoms with E-state index < -0.39 is 60.6 Å². The van der Waals surface area contributed by atoms with Gasteiger partial charge in [0.05, 0.1) is 30.5 Å². The largest absolute Gasteiger partial charge is 0.461 e. The Balaban J connectivity index is 0.000000858. The number of methoxy groups -OCH3 is 7. The summed E-state index contributed by atoms with van der Waals surface area (Å²) in [5.74, 6) is -1.43. The third-order valence-electron chi connectivity index (χ3n) is 25.9. The molecule has 0 spiro atoms. The van der Waals surface area contributed by atoms with E-state index in [9.17, 15) is 82.2 Å². The zero-order chi connectivity index (χ0) is 110. The van der Waals surface area contributed by atoms with Crippen molar-refractivity contribution in [1.29, 1.82) is 0 Å². The highest BCUT2D eigenvalue weighted by Crippen LogP contribution is 2.40. The van der Waals surface area contributed by atoms with E-state index in [0.29, 0.717) is 76.7 Å². The molecule has 0 saturated heterocycles. The van der Waals surface area contributed by atoms with Gasteiger partial charge in [-0.2, -0.15) is 13.2 Å². The maximum atomic E-state index is 13.2. The third kappa shape index (κ3) is 61.6. The van der Waals surface area contributed by atoms with Crippen LogP contribution in [-0.2, 0) is 95.2 Å². The third-order valence-corrected chi connectivity index (χ3v) is 25.9. The first-order valence-electron chi connectivity index (χ1n) is 52.8.